The van der Waals surface area contributed by atoms with Crippen LogP contribution >= 0.6 is 0 Å². The van der Waals surface area contributed by atoms with Crippen LogP contribution in [0.1, 0.15) is 89.4 Å². The summed E-state index contributed by atoms with van der Waals surface area (Å²) < 4.78 is 10.2. The molecule has 0 aliphatic heterocycles. The number of carbonyl (C=O) groups is 3. The number of Topliss-reactive ketones (excluding diaryl/α,β-unsaturated/α-hetero) is 1. The van der Waals surface area contributed by atoms with Gasteiger partial charge in [-0.1, -0.05) is 19.0 Å². The molecule has 1 aliphatic carbocycles. The molecule has 9 heteroatoms. The molecule has 156 valence electrons. The van der Waals surface area contributed by atoms with Crippen LogP contribution in [0.4, 0.5) is 0 Å². The number of methoxy groups -OCH3 is 1. The van der Waals surface area contributed by atoms with E-state index in [1.807, 2.05) is 13.8 Å². The van der Waals surface area contributed by atoms with Crippen LogP contribution in [-0.4, -0.2) is 39.9 Å². The van der Waals surface area contributed by atoms with Gasteiger partial charge in [-0.25, -0.2) is 4.79 Å². The lowest BCUT2D eigenvalue weighted by Gasteiger charge is -2.18. The Morgan fingerprint density at radius 1 is 1.31 bits per heavy atom. The molecule has 1 unspecified atom stereocenters. The molecule has 29 heavy (non-hydrogen) atoms. The smallest absolute Gasteiger partial charge is 0.339 e. The van der Waals surface area contributed by atoms with Gasteiger partial charge in [0, 0.05) is 18.5 Å². The van der Waals surface area contributed by atoms with Crippen LogP contribution in [0, 0.1) is 12.8 Å². The molecular weight excluding hydrogens is 376 g/mol. The van der Waals surface area contributed by atoms with Crippen molar-refractivity contribution in [1.82, 2.24) is 20.4 Å². The van der Waals surface area contributed by atoms with E-state index in [1.165, 1.54) is 14.0 Å². The molecule has 1 saturated carbocycles. The van der Waals surface area contributed by atoms with Crippen LogP contribution < -0.4 is 5.32 Å². The largest absolute Gasteiger partial charge is 0.465 e. The van der Waals surface area contributed by atoms with E-state index in [0.717, 1.165) is 12.8 Å². The van der Waals surface area contributed by atoms with Crippen LogP contribution in [0.2, 0.25) is 0 Å². The first kappa shape index (κ1) is 20.8. The third-order valence-corrected chi connectivity index (χ3v) is 5.06. The molecule has 2 N–H and O–H groups in total. The van der Waals surface area contributed by atoms with Gasteiger partial charge in [0.05, 0.1) is 24.8 Å². The fourth-order valence-electron chi connectivity index (χ4n) is 3.30. The van der Waals surface area contributed by atoms with Crippen LogP contribution in [0.3, 0.4) is 0 Å². The normalized spacial score (nSPS) is 14.7. The molecule has 0 bridgehead atoms. The van der Waals surface area contributed by atoms with Gasteiger partial charge < -0.3 is 19.6 Å². The van der Waals surface area contributed by atoms with E-state index in [0.29, 0.717) is 34.6 Å². The van der Waals surface area contributed by atoms with Crippen molar-refractivity contribution >= 4 is 17.7 Å². The van der Waals surface area contributed by atoms with Crippen molar-refractivity contribution in [2.45, 2.75) is 58.9 Å². The summed E-state index contributed by atoms with van der Waals surface area (Å²) in [6.45, 7) is 6.93. The number of ketones is 1. The molecular formula is C20H26N4O5. The van der Waals surface area contributed by atoms with E-state index in [9.17, 15) is 14.4 Å². The Bertz CT molecular complexity index is 939. The van der Waals surface area contributed by atoms with Gasteiger partial charge in [0.2, 0.25) is 11.8 Å². The molecule has 1 amide bonds. The van der Waals surface area contributed by atoms with Crippen LogP contribution in [0.25, 0.3) is 0 Å². The first-order valence-corrected chi connectivity index (χ1v) is 9.66. The molecule has 2 heterocycles. The van der Waals surface area contributed by atoms with E-state index in [-0.39, 0.29) is 29.6 Å². The highest BCUT2D eigenvalue weighted by atomic mass is 16.5. The number of hydrogen-bond acceptors (Lipinski definition) is 7. The molecule has 1 aliphatic rings. The molecule has 1 fully saturated rings. The summed E-state index contributed by atoms with van der Waals surface area (Å²) >= 11 is 0. The molecule has 2 aromatic rings. The van der Waals surface area contributed by atoms with Crippen molar-refractivity contribution in [3.8, 4) is 0 Å². The zero-order chi connectivity index (χ0) is 21.3. The number of aromatic nitrogens is 3. The SMILES string of the molecule is COC(=O)c1c(CC(=O)NC(c2nc(C3CC3)no2)C(C)C)[nH]c(C(C)=O)c1C. The number of nitrogens with zero attached hydrogens (tertiary/aromatic N) is 2. The van der Waals surface area contributed by atoms with E-state index in [4.69, 9.17) is 9.26 Å². The lowest BCUT2D eigenvalue weighted by atomic mass is 10.0. The molecule has 3 rings (SSSR count). The molecule has 0 spiro atoms. The number of amides is 1. The number of aromatic amines is 1. The summed E-state index contributed by atoms with van der Waals surface area (Å²) in [5, 5.41) is 6.92. The number of rotatable bonds is 8. The van der Waals surface area contributed by atoms with Gasteiger partial charge in [0.25, 0.3) is 0 Å². The molecule has 0 saturated heterocycles. The summed E-state index contributed by atoms with van der Waals surface area (Å²) in [7, 11) is 1.26. The lowest BCUT2D eigenvalue weighted by Crippen LogP contribution is -2.33. The zero-order valence-electron chi connectivity index (χ0n) is 17.3. The average Bonchev–Trinajstić information content (AvgIpc) is 3.30. The van der Waals surface area contributed by atoms with E-state index >= 15 is 0 Å². The van der Waals surface area contributed by atoms with Crippen LogP contribution in [-0.2, 0) is 16.0 Å². The minimum absolute atomic E-state index is 0.0182. The average molecular weight is 402 g/mol. The van der Waals surface area contributed by atoms with Crippen LogP contribution in [0.5, 0.6) is 0 Å². The second-order valence-electron chi connectivity index (χ2n) is 7.76. The predicted molar refractivity (Wildman–Crippen MR) is 103 cm³/mol. The topological polar surface area (TPSA) is 127 Å². The Morgan fingerprint density at radius 3 is 2.55 bits per heavy atom. The summed E-state index contributed by atoms with van der Waals surface area (Å²) in [6.07, 6.45) is 1.99. The van der Waals surface area contributed by atoms with Crippen molar-refractivity contribution in [2.75, 3.05) is 7.11 Å². The minimum Gasteiger partial charge on any atom is -0.465 e. The highest BCUT2D eigenvalue weighted by molar-refractivity contribution is 6.01. The maximum atomic E-state index is 12.7. The van der Waals surface area contributed by atoms with Crippen LogP contribution in [0.15, 0.2) is 4.52 Å². The first-order valence-electron chi connectivity index (χ1n) is 9.66. The Balaban J connectivity index is 1.80. The third kappa shape index (κ3) is 4.38. The number of hydrogen-bond donors (Lipinski definition) is 2. The Morgan fingerprint density at radius 2 is 2.00 bits per heavy atom. The summed E-state index contributed by atoms with van der Waals surface area (Å²) in [4.78, 5) is 44.1. The number of ether oxygens (including phenoxy) is 1. The first-order chi connectivity index (χ1) is 13.7. The quantitative estimate of drug-likeness (QED) is 0.513. The maximum absolute atomic E-state index is 12.7. The van der Waals surface area contributed by atoms with Gasteiger partial charge in [-0.3, -0.25) is 9.59 Å². The van der Waals surface area contributed by atoms with E-state index in [1.54, 1.807) is 6.92 Å². The Labute approximate surface area is 168 Å². The number of H-pyrrole nitrogens is 1. The molecule has 0 radical (unpaired) electrons. The van der Waals surface area contributed by atoms with Gasteiger partial charge in [0.1, 0.15) is 6.04 Å². The van der Waals surface area contributed by atoms with Gasteiger partial charge in [-0.15, -0.1) is 0 Å². The predicted octanol–water partition coefficient (Wildman–Crippen LogP) is 2.63. The van der Waals surface area contributed by atoms with E-state index in [2.05, 4.69) is 20.4 Å². The second kappa shape index (κ2) is 8.18. The molecule has 1 atom stereocenters. The van der Waals surface area contributed by atoms with Crippen molar-refractivity contribution in [3.05, 3.63) is 34.2 Å². The minimum atomic E-state index is -0.597. The van der Waals surface area contributed by atoms with Gasteiger partial charge in [-0.05, 0) is 31.2 Å². The highest BCUT2D eigenvalue weighted by Crippen LogP contribution is 2.38. The molecule has 9 nitrogen and oxygen atoms in total. The number of nitrogens with one attached hydrogen (secondary N) is 2. The van der Waals surface area contributed by atoms with Crippen molar-refractivity contribution in [2.24, 2.45) is 5.92 Å². The van der Waals surface area contributed by atoms with Gasteiger partial charge in [0.15, 0.2) is 11.6 Å². The number of carbonyl (C=O) groups excluding carboxylic acids is 3. The Hall–Kier alpha value is -2.97. The van der Waals surface area contributed by atoms with E-state index < -0.39 is 12.0 Å². The Kier molecular flexibility index (Phi) is 5.86. The van der Waals surface area contributed by atoms with Crippen molar-refractivity contribution in [3.63, 3.8) is 0 Å². The third-order valence-electron chi connectivity index (χ3n) is 5.06. The van der Waals surface area contributed by atoms with Crippen molar-refractivity contribution < 1.29 is 23.6 Å². The highest BCUT2D eigenvalue weighted by Gasteiger charge is 2.32. The van der Waals surface area contributed by atoms with Gasteiger partial charge >= 0.3 is 5.97 Å². The van der Waals surface area contributed by atoms with Gasteiger partial charge in [-0.2, -0.15) is 4.98 Å². The monoisotopic (exact) mass is 402 g/mol. The molecule has 0 aromatic carbocycles. The second-order valence-corrected chi connectivity index (χ2v) is 7.76. The summed E-state index contributed by atoms with van der Waals surface area (Å²) in [6, 6.07) is -0.451. The zero-order valence-corrected chi connectivity index (χ0v) is 17.3. The fourth-order valence-corrected chi connectivity index (χ4v) is 3.30. The molecule has 2 aromatic heterocycles. The number of esters is 1. The summed E-state index contributed by atoms with van der Waals surface area (Å²) in [5.41, 5.74) is 1.31. The summed E-state index contributed by atoms with van der Waals surface area (Å²) in [5.74, 6) is 0.263. The lowest BCUT2D eigenvalue weighted by molar-refractivity contribution is -0.121. The standard InChI is InChI=1S/C20H26N4O5/c1-9(2)16(19-23-18(24-29-19)12-6-7-12)22-14(26)8-13-15(20(27)28-5)10(3)17(21-13)11(4)25/h9,12,16,21H,6-8H2,1-5H3,(H,22,26). The van der Waals surface area contributed by atoms with Crippen molar-refractivity contribution in [1.29, 1.82) is 0 Å². The fraction of sp³-hybridized carbons (Fsp3) is 0.550. The maximum Gasteiger partial charge on any atom is 0.339 e.